The van der Waals surface area contributed by atoms with Gasteiger partial charge in [-0.3, -0.25) is 10.1 Å². The summed E-state index contributed by atoms with van der Waals surface area (Å²) >= 11 is 0. The van der Waals surface area contributed by atoms with Crippen LogP contribution in [0.15, 0.2) is 18.2 Å². The molecule has 1 aromatic carbocycles. The number of carbonyl (C=O) groups is 1. The van der Waals surface area contributed by atoms with Gasteiger partial charge in [0.05, 0.1) is 4.92 Å². The van der Waals surface area contributed by atoms with Crippen molar-refractivity contribution >= 4 is 11.7 Å². The van der Waals surface area contributed by atoms with Crippen molar-refractivity contribution in [2.24, 2.45) is 0 Å². The highest BCUT2D eigenvalue weighted by Crippen LogP contribution is 2.24. The molecular formula is C12H14N2O4. The summed E-state index contributed by atoms with van der Waals surface area (Å²) in [5, 5.41) is 23.1. The van der Waals surface area contributed by atoms with Gasteiger partial charge in [0.25, 0.3) is 5.69 Å². The van der Waals surface area contributed by atoms with E-state index in [9.17, 15) is 14.9 Å². The number of hydrogen-bond acceptors (Lipinski definition) is 4. The van der Waals surface area contributed by atoms with Gasteiger partial charge in [-0.1, -0.05) is 18.6 Å². The molecule has 0 atom stereocenters. The van der Waals surface area contributed by atoms with E-state index in [1.807, 2.05) is 0 Å². The van der Waals surface area contributed by atoms with Crippen LogP contribution >= 0.6 is 0 Å². The van der Waals surface area contributed by atoms with Crippen molar-refractivity contribution in [3.05, 3.63) is 39.4 Å². The number of aromatic carboxylic acids is 1. The first-order valence-corrected chi connectivity index (χ1v) is 5.82. The van der Waals surface area contributed by atoms with E-state index >= 15 is 0 Å². The molecule has 0 heterocycles. The highest BCUT2D eigenvalue weighted by molar-refractivity contribution is 5.94. The topological polar surface area (TPSA) is 92.5 Å². The number of carboxylic acid groups (broad SMARTS) is 1. The van der Waals surface area contributed by atoms with Crippen LogP contribution in [0.3, 0.4) is 0 Å². The number of nitrogens with one attached hydrogen (secondary N) is 1. The van der Waals surface area contributed by atoms with Crippen molar-refractivity contribution in [1.29, 1.82) is 0 Å². The van der Waals surface area contributed by atoms with E-state index in [1.165, 1.54) is 18.6 Å². The first kappa shape index (κ1) is 12.5. The van der Waals surface area contributed by atoms with Crippen LogP contribution in [-0.4, -0.2) is 22.0 Å². The fraction of sp³-hybridized carbons (Fsp3) is 0.417. The maximum Gasteiger partial charge on any atom is 0.343 e. The molecule has 0 unspecified atom stereocenters. The summed E-state index contributed by atoms with van der Waals surface area (Å²) < 4.78 is 0. The molecule has 0 amide bonds. The summed E-state index contributed by atoms with van der Waals surface area (Å²) in [4.78, 5) is 21.3. The lowest BCUT2D eigenvalue weighted by Crippen LogP contribution is -2.34. The molecule has 0 aromatic heterocycles. The first-order valence-electron chi connectivity index (χ1n) is 5.82. The van der Waals surface area contributed by atoms with Gasteiger partial charge < -0.3 is 10.4 Å². The molecule has 1 aliphatic carbocycles. The Labute approximate surface area is 104 Å². The number of benzene rings is 1. The minimum Gasteiger partial charge on any atom is -0.477 e. The maximum atomic E-state index is 11.1. The SMILES string of the molecule is O=C(O)c1c(CNC2CCC2)cccc1[N+](=O)[O-]. The molecule has 1 saturated carbocycles. The summed E-state index contributed by atoms with van der Waals surface area (Å²) in [5.74, 6) is -1.26. The second-order valence-corrected chi connectivity index (χ2v) is 4.38. The highest BCUT2D eigenvalue weighted by atomic mass is 16.6. The van der Waals surface area contributed by atoms with E-state index in [2.05, 4.69) is 5.32 Å². The molecule has 2 rings (SSSR count). The molecule has 96 valence electrons. The van der Waals surface area contributed by atoms with Crippen molar-refractivity contribution in [2.75, 3.05) is 0 Å². The third-order valence-electron chi connectivity index (χ3n) is 3.23. The van der Waals surface area contributed by atoms with E-state index < -0.39 is 10.9 Å². The van der Waals surface area contributed by atoms with E-state index in [0.717, 1.165) is 12.8 Å². The monoisotopic (exact) mass is 250 g/mol. The Morgan fingerprint density at radius 3 is 2.72 bits per heavy atom. The van der Waals surface area contributed by atoms with Crippen LogP contribution in [0.25, 0.3) is 0 Å². The van der Waals surface area contributed by atoms with Gasteiger partial charge in [-0.05, 0) is 18.4 Å². The predicted octanol–water partition coefficient (Wildman–Crippen LogP) is 1.94. The van der Waals surface area contributed by atoms with Crippen LogP contribution in [0.2, 0.25) is 0 Å². The van der Waals surface area contributed by atoms with Gasteiger partial charge in [0.1, 0.15) is 5.56 Å². The predicted molar refractivity (Wildman–Crippen MR) is 64.5 cm³/mol. The van der Waals surface area contributed by atoms with Crippen molar-refractivity contribution in [3.63, 3.8) is 0 Å². The molecular weight excluding hydrogens is 236 g/mol. The number of nitrogens with zero attached hydrogens (tertiary/aromatic N) is 1. The lowest BCUT2D eigenvalue weighted by Gasteiger charge is -2.26. The van der Waals surface area contributed by atoms with Gasteiger partial charge in [-0.25, -0.2) is 4.79 Å². The van der Waals surface area contributed by atoms with Crippen LogP contribution < -0.4 is 5.32 Å². The fourth-order valence-corrected chi connectivity index (χ4v) is 2.00. The molecule has 6 heteroatoms. The van der Waals surface area contributed by atoms with Gasteiger partial charge in [0, 0.05) is 18.7 Å². The normalized spacial score (nSPS) is 15.1. The lowest BCUT2D eigenvalue weighted by atomic mass is 9.93. The number of carboxylic acids is 1. The van der Waals surface area contributed by atoms with Gasteiger partial charge in [0.15, 0.2) is 0 Å². The molecule has 6 nitrogen and oxygen atoms in total. The fourth-order valence-electron chi connectivity index (χ4n) is 2.00. The molecule has 0 aliphatic heterocycles. The molecule has 1 aliphatic rings. The molecule has 18 heavy (non-hydrogen) atoms. The average Bonchev–Trinajstić information content (AvgIpc) is 2.26. The Morgan fingerprint density at radius 1 is 1.50 bits per heavy atom. The van der Waals surface area contributed by atoms with E-state index in [4.69, 9.17) is 5.11 Å². The molecule has 0 radical (unpaired) electrons. The van der Waals surface area contributed by atoms with Crippen LogP contribution in [-0.2, 0) is 6.54 Å². The Morgan fingerprint density at radius 2 is 2.22 bits per heavy atom. The number of nitro groups is 1. The molecule has 1 aromatic rings. The Kier molecular flexibility index (Phi) is 3.57. The van der Waals surface area contributed by atoms with Crippen LogP contribution in [0.4, 0.5) is 5.69 Å². The second kappa shape index (κ2) is 5.14. The largest absolute Gasteiger partial charge is 0.477 e. The van der Waals surface area contributed by atoms with E-state index in [-0.39, 0.29) is 11.3 Å². The van der Waals surface area contributed by atoms with Crippen molar-refractivity contribution in [3.8, 4) is 0 Å². The van der Waals surface area contributed by atoms with Gasteiger partial charge in [-0.15, -0.1) is 0 Å². The third kappa shape index (κ3) is 2.48. The average molecular weight is 250 g/mol. The van der Waals surface area contributed by atoms with E-state index in [0.29, 0.717) is 18.2 Å². The molecule has 1 fully saturated rings. The molecule has 0 bridgehead atoms. The summed E-state index contributed by atoms with van der Waals surface area (Å²) in [6.45, 7) is 0.355. The highest BCUT2D eigenvalue weighted by Gasteiger charge is 2.24. The van der Waals surface area contributed by atoms with Crippen molar-refractivity contribution < 1.29 is 14.8 Å². The minimum absolute atomic E-state index is 0.214. The number of hydrogen-bond donors (Lipinski definition) is 2. The maximum absolute atomic E-state index is 11.1. The molecule has 0 spiro atoms. The van der Waals surface area contributed by atoms with Crippen molar-refractivity contribution in [1.82, 2.24) is 5.32 Å². The Hall–Kier alpha value is -1.95. The zero-order valence-electron chi connectivity index (χ0n) is 9.76. The van der Waals surface area contributed by atoms with E-state index in [1.54, 1.807) is 6.07 Å². The molecule has 2 N–H and O–H groups in total. The number of nitro benzene ring substituents is 1. The quantitative estimate of drug-likeness (QED) is 0.615. The standard InChI is InChI=1S/C12H14N2O4/c15-12(16)11-8(7-13-9-4-2-5-9)3-1-6-10(11)14(17)18/h1,3,6,9,13H,2,4-5,7H2,(H,15,16). The summed E-state index contributed by atoms with van der Waals surface area (Å²) in [6, 6.07) is 4.76. The zero-order valence-corrected chi connectivity index (χ0v) is 9.76. The van der Waals surface area contributed by atoms with Crippen molar-refractivity contribution in [2.45, 2.75) is 31.8 Å². The summed E-state index contributed by atoms with van der Waals surface area (Å²) in [6.07, 6.45) is 3.34. The van der Waals surface area contributed by atoms with Crippen LogP contribution in [0, 0.1) is 10.1 Å². The lowest BCUT2D eigenvalue weighted by molar-refractivity contribution is -0.385. The summed E-state index contributed by atoms with van der Waals surface area (Å²) in [7, 11) is 0. The van der Waals surface area contributed by atoms with Crippen LogP contribution in [0.5, 0.6) is 0 Å². The van der Waals surface area contributed by atoms with Gasteiger partial charge in [0.2, 0.25) is 0 Å². The number of rotatable bonds is 5. The first-order chi connectivity index (χ1) is 8.59. The smallest absolute Gasteiger partial charge is 0.343 e. The second-order valence-electron chi connectivity index (χ2n) is 4.38. The van der Waals surface area contributed by atoms with Gasteiger partial charge in [-0.2, -0.15) is 0 Å². The van der Waals surface area contributed by atoms with Gasteiger partial charge >= 0.3 is 5.97 Å². The Balaban J connectivity index is 2.24. The third-order valence-corrected chi connectivity index (χ3v) is 3.23. The van der Waals surface area contributed by atoms with Crippen LogP contribution in [0.1, 0.15) is 35.2 Å². The zero-order chi connectivity index (χ0) is 13.1. The summed E-state index contributed by atoms with van der Waals surface area (Å²) in [5.41, 5.74) is -0.103. The Bertz CT molecular complexity index is 483. The molecule has 0 saturated heterocycles. The minimum atomic E-state index is -1.26.